The van der Waals surface area contributed by atoms with Crippen molar-refractivity contribution >= 4 is 0 Å². The van der Waals surface area contributed by atoms with Crippen molar-refractivity contribution in [3.8, 4) is 28.4 Å². The zero-order valence-electron chi connectivity index (χ0n) is 17.3. The fourth-order valence-corrected chi connectivity index (χ4v) is 3.94. The van der Waals surface area contributed by atoms with Crippen LogP contribution in [0.1, 0.15) is 17.4 Å². The summed E-state index contributed by atoms with van der Waals surface area (Å²) < 4.78 is 52.7. The number of benzene rings is 2. The third-order valence-corrected chi connectivity index (χ3v) is 5.52. The summed E-state index contributed by atoms with van der Waals surface area (Å²) in [6, 6.07) is 8.72. The molecule has 7 nitrogen and oxygen atoms in total. The molecule has 2 N–H and O–H groups in total. The van der Waals surface area contributed by atoms with Crippen LogP contribution in [0.4, 0.5) is 8.78 Å². The molecule has 0 bridgehead atoms. The Morgan fingerprint density at radius 2 is 1.97 bits per heavy atom. The minimum Gasteiger partial charge on any atom is -0.490 e. The van der Waals surface area contributed by atoms with Crippen molar-refractivity contribution in [3.05, 3.63) is 41.5 Å². The van der Waals surface area contributed by atoms with Crippen molar-refractivity contribution in [1.29, 1.82) is 0 Å². The molecule has 9 heteroatoms. The van der Waals surface area contributed by atoms with Crippen LogP contribution in [-0.2, 0) is 16.0 Å². The minimum atomic E-state index is -3.00. The highest BCUT2D eigenvalue weighted by molar-refractivity contribution is 5.77. The smallest absolute Gasteiger partial charge is 0.387 e. The molecule has 0 aromatic heterocycles. The molecule has 1 unspecified atom stereocenters. The number of fused-ring (bicyclic) bond motifs is 1. The van der Waals surface area contributed by atoms with E-state index in [-0.39, 0.29) is 23.5 Å². The number of alkyl halides is 2. The number of methoxy groups -OCH3 is 2. The average Bonchev–Trinajstić information content (AvgIpc) is 3.09. The highest BCUT2D eigenvalue weighted by atomic mass is 19.3. The largest absolute Gasteiger partial charge is 0.490 e. The summed E-state index contributed by atoms with van der Waals surface area (Å²) in [6.45, 7) is -0.811. The van der Waals surface area contributed by atoms with Crippen LogP contribution in [0.25, 0.3) is 11.1 Å². The molecule has 1 atom stereocenters. The Morgan fingerprint density at radius 3 is 2.61 bits per heavy atom. The maximum Gasteiger partial charge on any atom is 0.387 e. The van der Waals surface area contributed by atoms with Crippen molar-refractivity contribution in [1.82, 2.24) is 5.32 Å². The van der Waals surface area contributed by atoms with E-state index in [0.29, 0.717) is 37.7 Å². The highest BCUT2D eigenvalue weighted by Crippen LogP contribution is 2.46. The van der Waals surface area contributed by atoms with Gasteiger partial charge in [0.2, 0.25) is 5.75 Å². The molecule has 0 aliphatic carbocycles. The van der Waals surface area contributed by atoms with Crippen molar-refractivity contribution < 1.29 is 37.6 Å². The second kappa shape index (κ2) is 8.96. The Kier molecular flexibility index (Phi) is 6.29. The second-order valence-corrected chi connectivity index (χ2v) is 7.76. The van der Waals surface area contributed by atoms with Gasteiger partial charge in [0.15, 0.2) is 11.5 Å². The monoisotopic (exact) mass is 437 g/mol. The molecule has 2 heterocycles. The van der Waals surface area contributed by atoms with Gasteiger partial charge >= 0.3 is 6.61 Å². The first kappa shape index (κ1) is 21.8. The van der Waals surface area contributed by atoms with Crippen molar-refractivity contribution in [3.63, 3.8) is 0 Å². The Hall–Kier alpha value is -2.46. The number of aliphatic hydroxyl groups excluding tert-OH is 1. The summed E-state index contributed by atoms with van der Waals surface area (Å²) >= 11 is 0. The quantitative estimate of drug-likeness (QED) is 0.624. The number of rotatable bonds is 9. The molecule has 0 radical (unpaired) electrons. The third kappa shape index (κ3) is 4.31. The molecule has 168 valence electrons. The van der Waals surface area contributed by atoms with Crippen LogP contribution >= 0.6 is 0 Å². The zero-order valence-corrected chi connectivity index (χ0v) is 17.3. The lowest BCUT2D eigenvalue weighted by atomic mass is 9.88. The SMILES string of the molecule is COCC1(COc2c(-c3ccc4c(c3)CNC4O)ccc(OC(F)F)c2OC)COC1. The zero-order chi connectivity index (χ0) is 22.0. The molecular weight excluding hydrogens is 412 g/mol. The number of aliphatic hydroxyl groups is 1. The van der Waals surface area contributed by atoms with E-state index in [0.717, 1.165) is 16.7 Å². The Labute approximate surface area is 178 Å². The Bertz CT molecular complexity index is 934. The van der Waals surface area contributed by atoms with Crippen LogP contribution < -0.4 is 19.5 Å². The van der Waals surface area contributed by atoms with Gasteiger partial charge in [0.25, 0.3) is 0 Å². The lowest BCUT2D eigenvalue weighted by Crippen LogP contribution is -2.50. The van der Waals surface area contributed by atoms with E-state index in [1.54, 1.807) is 13.2 Å². The predicted octanol–water partition coefficient (Wildman–Crippen LogP) is 3.10. The lowest BCUT2D eigenvalue weighted by Gasteiger charge is -2.40. The highest BCUT2D eigenvalue weighted by Gasteiger charge is 2.40. The topological polar surface area (TPSA) is 78.4 Å². The van der Waals surface area contributed by atoms with Gasteiger partial charge in [0, 0.05) is 19.2 Å². The van der Waals surface area contributed by atoms with Crippen LogP contribution in [0, 0.1) is 5.41 Å². The summed E-state index contributed by atoms with van der Waals surface area (Å²) in [6.07, 6.45) is -0.705. The number of halogens is 2. The number of nitrogens with one attached hydrogen (secondary N) is 1. The summed E-state index contributed by atoms with van der Waals surface area (Å²) in [7, 11) is 2.99. The van der Waals surface area contributed by atoms with Crippen LogP contribution in [0.15, 0.2) is 30.3 Å². The molecule has 0 saturated carbocycles. The molecule has 2 aromatic carbocycles. The van der Waals surface area contributed by atoms with Crippen LogP contribution in [0.2, 0.25) is 0 Å². The van der Waals surface area contributed by atoms with Crippen molar-refractivity contribution in [2.75, 3.05) is 40.6 Å². The number of hydrogen-bond acceptors (Lipinski definition) is 7. The Morgan fingerprint density at radius 1 is 1.16 bits per heavy atom. The second-order valence-electron chi connectivity index (χ2n) is 7.76. The van der Waals surface area contributed by atoms with Crippen LogP contribution in [-0.4, -0.2) is 52.4 Å². The summed E-state index contributed by atoms with van der Waals surface area (Å²) in [5, 5.41) is 13.0. The first-order valence-corrected chi connectivity index (χ1v) is 9.86. The van der Waals surface area contributed by atoms with Gasteiger partial charge in [-0.25, -0.2) is 0 Å². The van der Waals surface area contributed by atoms with Crippen molar-refractivity contribution in [2.45, 2.75) is 19.4 Å². The third-order valence-electron chi connectivity index (χ3n) is 5.52. The number of ether oxygens (including phenoxy) is 5. The first-order chi connectivity index (χ1) is 15.0. The van der Waals surface area contributed by atoms with E-state index >= 15 is 0 Å². The molecule has 0 spiro atoms. The summed E-state index contributed by atoms with van der Waals surface area (Å²) in [5.41, 5.74) is 2.91. The molecule has 1 fully saturated rings. The molecule has 4 rings (SSSR count). The number of hydrogen-bond donors (Lipinski definition) is 2. The minimum absolute atomic E-state index is 0.0873. The maximum absolute atomic E-state index is 12.9. The van der Waals surface area contributed by atoms with Gasteiger partial charge < -0.3 is 28.8 Å². The van der Waals surface area contributed by atoms with Gasteiger partial charge in [-0.1, -0.05) is 12.1 Å². The Balaban J connectivity index is 1.73. The van der Waals surface area contributed by atoms with Gasteiger partial charge in [-0.15, -0.1) is 0 Å². The van der Waals surface area contributed by atoms with E-state index in [1.807, 2.05) is 18.2 Å². The van der Waals surface area contributed by atoms with Crippen molar-refractivity contribution in [2.24, 2.45) is 5.41 Å². The molecule has 1 saturated heterocycles. The van der Waals surface area contributed by atoms with Gasteiger partial charge in [0.05, 0.1) is 32.3 Å². The van der Waals surface area contributed by atoms with E-state index in [4.69, 9.17) is 18.9 Å². The molecular formula is C22H25F2NO6. The van der Waals surface area contributed by atoms with Gasteiger partial charge in [0.1, 0.15) is 12.8 Å². The molecule has 31 heavy (non-hydrogen) atoms. The fraction of sp³-hybridized carbons (Fsp3) is 0.455. The first-order valence-electron chi connectivity index (χ1n) is 9.86. The molecule has 2 aromatic rings. The van der Waals surface area contributed by atoms with Gasteiger partial charge in [-0.3, -0.25) is 5.32 Å². The van der Waals surface area contributed by atoms with Gasteiger partial charge in [-0.05, 0) is 34.9 Å². The molecule has 2 aliphatic heterocycles. The van der Waals surface area contributed by atoms with Crippen LogP contribution in [0.3, 0.4) is 0 Å². The predicted molar refractivity (Wildman–Crippen MR) is 107 cm³/mol. The maximum atomic E-state index is 12.9. The van der Waals surface area contributed by atoms with Gasteiger partial charge in [-0.2, -0.15) is 8.78 Å². The summed E-state index contributed by atoms with van der Waals surface area (Å²) in [4.78, 5) is 0. The van der Waals surface area contributed by atoms with E-state index in [2.05, 4.69) is 10.1 Å². The van der Waals surface area contributed by atoms with E-state index in [9.17, 15) is 13.9 Å². The summed E-state index contributed by atoms with van der Waals surface area (Å²) in [5.74, 6) is 0.277. The lowest BCUT2D eigenvalue weighted by molar-refractivity contribution is -0.159. The fourth-order valence-electron chi connectivity index (χ4n) is 3.94. The van der Waals surface area contributed by atoms with E-state index < -0.39 is 12.8 Å². The van der Waals surface area contributed by atoms with E-state index in [1.165, 1.54) is 13.2 Å². The standard InChI is InChI=1S/C22H25F2NO6/c1-27-9-22(10-29-11-22)12-30-18-15(5-6-17(19(18)28-2)31-21(23)24)13-3-4-16-14(7-13)8-25-20(16)26/h3-7,20-21,25-26H,8-12H2,1-2H3. The molecule has 2 aliphatic rings. The van der Waals surface area contributed by atoms with Crippen LogP contribution in [0.5, 0.6) is 17.2 Å². The normalized spacial score (nSPS) is 19.1. The average molecular weight is 437 g/mol. The molecule has 0 amide bonds.